The molecule has 0 atom stereocenters. The van der Waals surface area contributed by atoms with Crippen molar-refractivity contribution in [3.05, 3.63) is 42.7 Å². The predicted octanol–water partition coefficient (Wildman–Crippen LogP) is 2.15. The number of hydrogen-bond acceptors (Lipinski definition) is 6. The van der Waals surface area contributed by atoms with Crippen molar-refractivity contribution in [2.45, 2.75) is 5.16 Å². The number of nitrogens with one attached hydrogen (secondary N) is 1. The lowest BCUT2D eigenvalue weighted by atomic mass is 10.2. The van der Waals surface area contributed by atoms with E-state index in [1.807, 2.05) is 25.2 Å². The highest BCUT2D eigenvalue weighted by Gasteiger charge is 2.27. The van der Waals surface area contributed by atoms with Crippen LogP contribution in [0.5, 0.6) is 0 Å². The second-order valence-electron chi connectivity index (χ2n) is 5.68. The summed E-state index contributed by atoms with van der Waals surface area (Å²) in [4.78, 5) is 26.0. The molecular weight excluding hydrogens is 354 g/mol. The number of anilines is 2. The lowest BCUT2D eigenvalue weighted by Crippen LogP contribution is -2.43. The number of fused-ring (bicyclic) bond motifs is 1. The Balaban J connectivity index is 1.49. The lowest BCUT2D eigenvalue weighted by molar-refractivity contribution is -0.120. The maximum atomic E-state index is 12.7. The van der Waals surface area contributed by atoms with E-state index in [1.165, 1.54) is 16.7 Å². The third-order valence-electron chi connectivity index (χ3n) is 3.97. The molecule has 3 heterocycles. The van der Waals surface area contributed by atoms with Crippen LogP contribution in [-0.2, 0) is 16.6 Å². The Morgan fingerprint density at radius 2 is 2.12 bits per heavy atom. The molecule has 2 amide bonds. The van der Waals surface area contributed by atoms with Gasteiger partial charge in [-0.05, 0) is 24.3 Å². The first kappa shape index (κ1) is 16.4. The molecule has 0 radical (unpaired) electrons. The molecule has 1 aliphatic rings. The zero-order valence-electron chi connectivity index (χ0n) is 13.9. The van der Waals surface area contributed by atoms with Gasteiger partial charge in [-0.2, -0.15) is 0 Å². The highest BCUT2D eigenvalue weighted by atomic mass is 32.2. The second-order valence-corrected chi connectivity index (χ2v) is 6.62. The molecule has 0 fully saturated rings. The number of amides is 2. The van der Waals surface area contributed by atoms with E-state index in [9.17, 15) is 9.59 Å². The number of para-hydroxylation sites is 2. The van der Waals surface area contributed by atoms with Crippen LogP contribution in [0.3, 0.4) is 0 Å². The zero-order valence-corrected chi connectivity index (χ0v) is 14.7. The molecule has 26 heavy (non-hydrogen) atoms. The Morgan fingerprint density at radius 3 is 2.92 bits per heavy atom. The third kappa shape index (κ3) is 2.97. The maximum Gasteiger partial charge on any atom is 0.244 e. The van der Waals surface area contributed by atoms with Gasteiger partial charge in [0.05, 0.1) is 23.4 Å². The molecular formula is C17H15N5O3S. The van der Waals surface area contributed by atoms with Crippen molar-refractivity contribution in [1.82, 2.24) is 14.8 Å². The van der Waals surface area contributed by atoms with E-state index in [1.54, 1.807) is 29.0 Å². The average molecular weight is 369 g/mol. The minimum absolute atomic E-state index is 0.00681. The molecule has 1 aromatic carbocycles. The minimum Gasteiger partial charge on any atom is -0.461 e. The molecule has 3 aromatic rings. The van der Waals surface area contributed by atoms with E-state index >= 15 is 0 Å². The monoisotopic (exact) mass is 369 g/mol. The van der Waals surface area contributed by atoms with Gasteiger partial charge in [0.2, 0.25) is 11.8 Å². The van der Waals surface area contributed by atoms with E-state index in [2.05, 4.69) is 15.5 Å². The molecule has 4 rings (SSSR count). The minimum atomic E-state index is -0.208. The highest BCUT2D eigenvalue weighted by molar-refractivity contribution is 7.99. The quantitative estimate of drug-likeness (QED) is 0.709. The summed E-state index contributed by atoms with van der Waals surface area (Å²) in [6.07, 6.45) is 1.57. The number of hydrogen-bond donors (Lipinski definition) is 1. The van der Waals surface area contributed by atoms with Gasteiger partial charge in [-0.3, -0.25) is 9.59 Å². The number of nitrogens with zero attached hydrogens (tertiary/aromatic N) is 4. The first-order valence-electron chi connectivity index (χ1n) is 7.89. The van der Waals surface area contributed by atoms with Crippen LogP contribution in [0.25, 0.3) is 11.6 Å². The number of thioether (sulfide) groups is 1. The molecule has 0 bridgehead atoms. The summed E-state index contributed by atoms with van der Waals surface area (Å²) >= 11 is 1.27. The average Bonchev–Trinajstić information content (AvgIpc) is 3.28. The molecule has 0 spiro atoms. The second kappa shape index (κ2) is 6.68. The van der Waals surface area contributed by atoms with Gasteiger partial charge in [0.25, 0.3) is 0 Å². The Hall–Kier alpha value is -3.07. The van der Waals surface area contributed by atoms with E-state index in [4.69, 9.17) is 4.42 Å². The van der Waals surface area contributed by atoms with Crippen LogP contribution in [0, 0.1) is 0 Å². The number of benzene rings is 1. The fourth-order valence-corrected chi connectivity index (χ4v) is 3.51. The van der Waals surface area contributed by atoms with Gasteiger partial charge < -0.3 is 19.2 Å². The SMILES string of the molecule is Cn1c(SCC(=O)N2CC(=O)Nc3ccccc32)nnc1-c1ccco1. The molecule has 0 saturated heterocycles. The normalized spacial score (nSPS) is 13.4. The van der Waals surface area contributed by atoms with Crippen LogP contribution in [0.15, 0.2) is 52.2 Å². The third-order valence-corrected chi connectivity index (χ3v) is 4.98. The number of rotatable bonds is 4. The smallest absolute Gasteiger partial charge is 0.244 e. The maximum absolute atomic E-state index is 12.7. The largest absolute Gasteiger partial charge is 0.461 e. The summed E-state index contributed by atoms with van der Waals surface area (Å²) in [7, 11) is 1.81. The number of aromatic nitrogens is 3. The van der Waals surface area contributed by atoms with Crippen LogP contribution in [0.2, 0.25) is 0 Å². The molecule has 8 nitrogen and oxygen atoms in total. The summed E-state index contributed by atoms with van der Waals surface area (Å²) in [5, 5.41) is 11.6. The molecule has 9 heteroatoms. The molecule has 132 valence electrons. The van der Waals surface area contributed by atoms with Crippen molar-refractivity contribution < 1.29 is 14.0 Å². The Labute approximate surface area is 153 Å². The lowest BCUT2D eigenvalue weighted by Gasteiger charge is -2.28. The van der Waals surface area contributed by atoms with Gasteiger partial charge in [0, 0.05) is 7.05 Å². The van der Waals surface area contributed by atoms with E-state index in [-0.39, 0.29) is 24.1 Å². The van der Waals surface area contributed by atoms with Gasteiger partial charge in [-0.1, -0.05) is 23.9 Å². The van der Waals surface area contributed by atoms with Gasteiger partial charge in [-0.25, -0.2) is 0 Å². The van der Waals surface area contributed by atoms with Crippen molar-refractivity contribution in [1.29, 1.82) is 0 Å². The van der Waals surface area contributed by atoms with Gasteiger partial charge >= 0.3 is 0 Å². The van der Waals surface area contributed by atoms with Crippen molar-refractivity contribution >= 4 is 35.0 Å². The van der Waals surface area contributed by atoms with Crippen LogP contribution >= 0.6 is 11.8 Å². The molecule has 0 unspecified atom stereocenters. The molecule has 1 N–H and O–H groups in total. The van der Waals surface area contributed by atoms with E-state index in [0.29, 0.717) is 28.1 Å². The number of carbonyl (C=O) groups excluding carboxylic acids is 2. The molecule has 2 aromatic heterocycles. The standard InChI is InChI=1S/C17H15N5O3S/c1-21-16(13-7-4-8-25-13)19-20-17(21)26-10-15(24)22-9-14(23)18-11-5-2-3-6-12(11)22/h2-8H,9-10H2,1H3,(H,18,23). The zero-order chi connectivity index (χ0) is 18.1. The molecule has 0 saturated carbocycles. The van der Waals surface area contributed by atoms with Gasteiger partial charge in [0.1, 0.15) is 6.54 Å². The Kier molecular flexibility index (Phi) is 4.21. The van der Waals surface area contributed by atoms with Crippen LogP contribution in [-0.4, -0.2) is 38.9 Å². The Morgan fingerprint density at radius 1 is 1.27 bits per heavy atom. The predicted molar refractivity (Wildman–Crippen MR) is 96.9 cm³/mol. The van der Waals surface area contributed by atoms with Gasteiger partial charge in [0.15, 0.2) is 16.7 Å². The first-order chi connectivity index (χ1) is 12.6. The fraction of sp³-hybridized carbons (Fsp3) is 0.176. The van der Waals surface area contributed by atoms with Crippen molar-refractivity contribution in [3.63, 3.8) is 0 Å². The first-order valence-corrected chi connectivity index (χ1v) is 8.87. The topological polar surface area (TPSA) is 93.3 Å². The van der Waals surface area contributed by atoms with Crippen LogP contribution in [0.1, 0.15) is 0 Å². The van der Waals surface area contributed by atoms with E-state index in [0.717, 1.165) is 0 Å². The Bertz CT molecular complexity index is 967. The number of furan rings is 1. The van der Waals surface area contributed by atoms with Crippen LogP contribution < -0.4 is 10.2 Å². The summed E-state index contributed by atoms with van der Waals surface area (Å²) in [6.45, 7) is 0.00681. The summed E-state index contributed by atoms with van der Waals surface area (Å²) in [5.74, 6) is 0.972. The molecule has 0 aliphatic carbocycles. The van der Waals surface area contributed by atoms with Crippen LogP contribution in [0.4, 0.5) is 11.4 Å². The fourth-order valence-electron chi connectivity index (χ4n) is 2.72. The van der Waals surface area contributed by atoms with Crippen molar-refractivity contribution in [2.24, 2.45) is 7.05 Å². The van der Waals surface area contributed by atoms with Gasteiger partial charge in [-0.15, -0.1) is 10.2 Å². The summed E-state index contributed by atoms with van der Waals surface area (Å²) in [5.41, 5.74) is 1.34. The van der Waals surface area contributed by atoms with Crippen molar-refractivity contribution in [2.75, 3.05) is 22.5 Å². The molecule has 1 aliphatic heterocycles. The van der Waals surface area contributed by atoms with E-state index < -0.39 is 0 Å². The summed E-state index contributed by atoms with van der Waals surface area (Å²) in [6, 6.07) is 10.8. The highest BCUT2D eigenvalue weighted by Crippen LogP contribution is 2.30. The number of carbonyl (C=O) groups is 2. The summed E-state index contributed by atoms with van der Waals surface area (Å²) < 4.78 is 7.10. The van der Waals surface area contributed by atoms with Crippen molar-refractivity contribution in [3.8, 4) is 11.6 Å².